The zero-order valence-corrected chi connectivity index (χ0v) is 17.2. The maximum atomic E-state index is 12.6. The van der Waals surface area contributed by atoms with E-state index in [1.54, 1.807) is 25.3 Å². The first-order chi connectivity index (χ1) is 12.5. The zero-order valence-electron chi connectivity index (χ0n) is 15.6. The molecular weight excluding hydrogens is 393 g/mol. The molecule has 0 radical (unpaired) electrons. The van der Waals surface area contributed by atoms with Crippen molar-refractivity contribution in [1.29, 1.82) is 0 Å². The minimum Gasteiger partial charge on any atom is -0.495 e. The minimum absolute atomic E-state index is 0. The largest absolute Gasteiger partial charge is 0.495 e. The number of rotatable bonds is 8. The molecule has 1 saturated heterocycles. The van der Waals surface area contributed by atoms with Gasteiger partial charge in [-0.25, -0.2) is 0 Å². The van der Waals surface area contributed by atoms with Crippen LogP contribution in [0.4, 0.5) is 5.69 Å². The van der Waals surface area contributed by atoms with Crippen molar-refractivity contribution in [1.82, 2.24) is 10.6 Å². The molecule has 1 aliphatic rings. The van der Waals surface area contributed by atoms with Gasteiger partial charge in [0.2, 0.25) is 11.8 Å². The van der Waals surface area contributed by atoms with E-state index < -0.39 is 5.41 Å². The maximum Gasteiger partial charge on any atom is 0.228 e. The number of hydrogen-bond donors (Lipinski definition) is 3. The van der Waals surface area contributed by atoms with E-state index in [0.717, 1.165) is 25.9 Å². The summed E-state index contributed by atoms with van der Waals surface area (Å²) >= 11 is 5.95. The number of methoxy groups -OCH3 is 2. The molecule has 0 saturated carbocycles. The highest BCUT2D eigenvalue weighted by atomic mass is 35.5. The highest BCUT2D eigenvalue weighted by molar-refractivity contribution is 6.31. The number of amides is 2. The van der Waals surface area contributed by atoms with Gasteiger partial charge in [0.05, 0.1) is 24.8 Å². The van der Waals surface area contributed by atoms with E-state index in [4.69, 9.17) is 21.1 Å². The number of carbonyl (C=O) groups excluding carboxylic acids is 2. The Morgan fingerprint density at radius 3 is 2.59 bits per heavy atom. The number of piperidine rings is 1. The Labute approximate surface area is 170 Å². The first kappa shape index (κ1) is 23.5. The topological polar surface area (TPSA) is 88.7 Å². The highest BCUT2D eigenvalue weighted by Gasteiger charge is 2.39. The molecule has 152 valence electrons. The van der Waals surface area contributed by atoms with E-state index in [9.17, 15) is 9.59 Å². The molecule has 27 heavy (non-hydrogen) atoms. The van der Waals surface area contributed by atoms with Crippen LogP contribution in [0.2, 0.25) is 5.02 Å². The molecule has 3 N–H and O–H groups in total. The molecule has 1 fully saturated rings. The van der Waals surface area contributed by atoms with E-state index in [1.807, 2.05) is 0 Å². The summed E-state index contributed by atoms with van der Waals surface area (Å²) in [4.78, 5) is 24.8. The Morgan fingerprint density at radius 2 is 1.96 bits per heavy atom. The molecule has 0 unspecified atom stereocenters. The molecular formula is C18H27Cl2N3O4. The van der Waals surface area contributed by atoms with Crippen LogP contribution in [0.1, 0.15) is 19.3 Å². The summed E-state index contributed by atoms with van der Waals surface area (Å²) in [6.45, 7) is 2.20. The van der Waals surface area contributed by atoms with Gasteiger partial charge in [-0.1, -0.05) is 11.6 Å². The predicted molar refractivity (Wildman–Crippen MR) is 108 cm³/mol. The third-order valence-electron chi connectivity index (χ3n) is 4.54. The van der Waals surface area contributed by atoms with Crippen LogP contribution in [-0.4, -0.2) is 52.3 Å². The number of carbonyl (C=O) groups is 2. The quantitative estimate of drug-likeness (QED) is 0.600. The summed E-state index contributed by atoms with van der Waals surface area (Å²) in [7, 11) is 3.12. The molecule has 1 aromatic carbocycles. The summed E-state index contributed by atoms with van der Waals surface area (Å²) < 4.78 is 10.5. The molecule has 2 rings (SSSR count). The molecule has 0 atom stereocenters. The van der Waals surface area contributed by atoms with Gasteiger partial charge >= 0.3 is 0 Å². The number of benzene rings is 1. The monoisotopic (exact) mass is 419 g/mol. The third kappa shape index (κ3) is 6.53. The predicted octanol–water partition coefficient (Wildman–Crippen LogP) is 2.23. The molecule has 1 aliphatic heterocycles. The van der Waals surface area contributed by atoms with Gasteiger partial charge in [0.1, 0.15) is 5.75 Å². The number of anilines is 1. The van der Waals surface area contributed by atoms with Gasteiger partial charge in [-0.05, 0) is 44.1 Å². The van der Waals surface area contributed by atoms with Crippen LogP contribution < -0.4 is 20.7 Å². The van der Waals surface area contributed by atoms with E-state index in [-0.39, 0.29) is 37.2 Å². The van der Waals surface area contributed by atoms with E-state index in [2.05, 4.69) is 16.0 Å². The van der Waals surface area contributed by atoms with Crippen molar-refractivity contribution >= 4 is 41.5 Å². The average molecular weight is 420 g/mol. The molecule has 1 heterocycles. The fourth-order valence-corrected chi connectivity index (χ4v) is 3.26. The van der Waals surface area contributed by atoms with Gasteiger partial charge in [-0.15, -0.1) is 12.4 Å². The lowest BCUT2D eigenvalue weighted by Crippen LogP contribution is -2.50. The zero-order chi connectivity index (χ0) is 19.0. The van der Waals surface area contributed by atoms with Gasteiger partial charge in [0.15, 0.2) is 0 Å². The Morgan fingerprint density at radius 1 is 1.26 bits per heavy atom. The van der Waals surface area contributed by atoms with Gasteiger partial charge < -0.3 is 25.4 Å². The van der Waals surface area contributed by atoms with Crippen molar-refractivity contribution < 1.29 is 19.1 Å². The van der Waals surface area contributed by atoms with E-state index >= 15 is 0 Å². The first-order valence-electron chi connectivity index (χ1n) is 8.62. The molecule has 7 nitrogen and oxygen atoms in total. The van der Waals surface area contributed by atoms with Crippen molar-refractivity contribution in [3.05, 3.63) is 23.2 Å². The van der Waals surface area contributed by atoms with Gasteiger partial charge in [-0.2, -0.15) is 0 Å². The molecule has 0 bridgehead atoms. The Hall–Kier alpha value is -1.54. The molecule has 9 heteroatoms. The van der Waals surface area contributed by atoms with Crippen LogP contribution >= 0.6 is 24.0 Å². The lowest BCUT2D eigenvalue weighted by Gasteiger charge is -2.35. The Kier molecular flexibility index (Phi) is 9.87. The standard InChI is InChI=1S/C18H26ClN3O4.ClH/c1-25-12-18(6-9-20-10-7-18)17(24)21-8-5-16(23)22-14-11-13(19)3-4-15(14)26-2;/h3-4,11,20H,5-10,12H2,1-2H3,(H,21,24)(H,22,23);1H. The van der Waals surface area contributed by atoms with Crippen LogP contribution in [0.15, 0.2) is 18.2 Å². The van der Waals surface area contributed by atoms with Gasteiger partial charge in [0, 0.05) is 25.1 Å². The summed E-state index contributed by atoms with van der Waals surface area (Å²) in [5, 5.41) is 9.37. The first-order valence-corrected chi connectivity index (χ1v) is 9.00. The second-order valence-electron chi connectivity index (χ2n) is 6.36. The maximum absolute atomic E-state index is 12.6. The van der Waals surface area contributed by atoms with Crippen molar-refractivity contribution in [2.75, 3.05) is 45.8 Å². The molecule has 1 aromatic rings. The number of hydrogen-bond acceptors (Lipinski definition) is 5. The molecule has 2 amide bonds. The van der Waals surface area contributed by atoms with Crippen LogP contribution in [0, 0.1) is 5.41 Å². The smallest absolute Gasteiger partial charge is 0.228 e. The fraction of sp³-hybridized carbons (Fsp3) is 0.556. The lowest BCUT2D eigenvalue weighted by atomic mass is 9.78. The van der Waals surface area contributed by atoms with Crippen LogP contribution in [0.3, 0.4) is 0 Å². The molecule has 0 aliphatic carbocycles. The van der Waals surface area contributed by atoms with Crippen LogP contribution in [0.25, 0.3) is 0 Å². The second kappa shape index (κ2) is 11.3. The van der Waals surface area contributed by atoms with Crippen LogP contribution in [0.5, 0.6) is 5.75 Å². The SMILES string of the molecule is COCC1(C(=O)NCCC(=O)Nc2cc(Cl)ccc2OC)CCNCC1.Cl. The Balaban J connectivity index is 0.00000364. The Bertz CT molecular complexity index is 632. The molecule has 0 aromatic heterocycles. The van der Waals surface area contributed by atoms with E-state index in [0.29, 0.717) is 23.1 Å². The summed E-state index contributed by atoms with van der Waals surface area (Å²) in [6.07, 6.45) is 1.60. The lowest BCUT2D eigenvalue weighted by molar-refractivity contribution is -0.136. The highest BCUT2D eigenvalue weighted by Crippen LogP contribution is 2.29. The van der Waals surface area contributed by atoms with Crippen molar-refractivity contribution in [3.63, 3.8) is 0 Å². The second-order valence-corrected chi connectivity index (χ2v) is 6.80. The minimum atomic E-state index is -0.521. The van der Waals surface area contributed by atoms with Crippen LogP contribution in [-0.2, 0) is 14.3 Å². The van der Waals surface area contributed by atoms with Crippen molar-refractivity contribution in [2.45, 2.75) is 19.3 Å². The van der Waals surface area contributed by atoms with Gasteiger partial charge in [0.25, 0.3) is 0 Å². The van der Waals surface area contributed by atoms with E-state index in [1.165, 1.54) is 7.11 Å². The summed E-state index contributed by atoms with van der Waals surface area (Å²) in [5.74, 6) is 0.242. The average Bonchev–Trinajstić information content (AvgIpc) is 2.63. The van der Waals surface area contributed by atoms with Crippen molar-refractivity contribution in [3.8, 4) is 5.75 Å². The normalized spacial score (nSPS) is 15.4. The summed E-state index contributed by atoms with van der Waals surface area (Å²) in [6, 6.07) is 5.00. The third-order valence-corrected chi connectivity index (χ3v) is 4.77. The number of nitrogens with one attached hydrogen (secondary N) is 3. The van der Waals surface area contributed by atoms with Gasteiger partial charge in [-0.3, -0.25) is 9.59 Å². The van der Waals surface area contributed by atoms with Crippen molar-refractivity contribution in [2.24, 2.45) is 5.41 Å². The summed E-state index contributed by atoms with van der Waals surface area (Å²) in [5.41, 5.74) is -0.0161. The fourth-order valence-electron chi connectivity index (χ4n) is 3.09. The molecule has 0 spiro atoms. The number of ether oxygens (including phenoxy) is 2. The number of halogens is 2.